The van der Waals surface area contributed by atoms with E-state index in [1.807, 2.05) is 0 Å². The van der Waals surface area contributed by atoms with Crippen LogP contribution in [0.4, 0.5) is 0 Å². The van der Waals surface area contributed by atoms with Crippen molar-refractivity contribution in [2.75, 3.05) is 6.54 Å². The van der Waals surface area contributed by atoms with Crippen LogP contribution in [0.3, 0.4) is 0 Å². The van der Waals surface area contributed by atoms with Crippen molar-refractivity contribution in [2.45, 2.75) is 43.8 Å². The van der Waals surface area contributed by atoms with Crippen LogP contribution in [-0.4, -0.2) is 69.7 Å². The van der Waals surface area contributed by atoms with E-state index in [1.54, 1.807) is 0 Å². The number of phenols is 1. The van der Waals surface area contributed by atoms with Gasteiger partial charge < -0.3 is 43.2 Å². The summed E-state index contributed by atoms with van der Waals surface area (Å²) >= 11 is 0. The predicted octanol–water partition coefficient (Wildman–Crippen LogP) is -2.16. The number of rotatable bonds is 13. The van der Waals surface area contributed by atoms with Gasteiger partial charge in [0.2, 0.25) is 11.8 Å². The van der Waals surface area contributed by atoms with Crippen molar-refractivity contribution in [3.63, 3.8) is 0 Å². The maximum Gasteiger partial charge on any atom is 0.326 e. The third kappa shape index (κ3) is 9.75. The second-order valence-corrected chi connectivity index (χ2v) is 6.98. The van der Waals surface area contributed by atoms with E-state index < -0.39 is 48.3 Å². The molecule has 32 heavy (non-hydrogen) atoms. The molecule has 0 spiro atoms. The minimum atomic E-state index is -1.54. The Labute approximate surface area is 183 Å². The summed E-state index contributed by atoms with van der Waals surface area (Å²) in [5.74, 6) is -4.62. The van der Waals surface area contributed by atoms with Gasteiger partial charge in [0.1, 0.15) is 17.8 Å². The number of hydrogen-bond acceptors (Lipinski definition) is 7. The van der Waals surface area contributed by atoms with Crippen LogP contribution in [0.1, 0.15) is 24.8 Å². The Morgan fingerprint density at radius 3 is 2.09 bits per heavy atom. The zero-order valence-electron chi connectivity index (χ0n) is 17.2. The Morgan fingerprint density at radius 1 is 0.969 bits per heavy atom. The van der Waals surface area contributed by atoms with Crippen LogP contribution in [-0.2, 0) is 25.6 Å². The van der Waals surface area contributed by atoms with Crippen molar-refractivity contribution in [3.05, 3.63) is 29.8 Å². The highest BCUT2D eigenvalue weighted by atomic mass is 16.4. The average Bonchev–Trinajstić information content (AvgIpc) is 2.70. The van der Waals surface area contributed by atoms with Gasteiger partial charge in [0.05, 0.1) is 12.5 Å². The Hall–Kier alpha value is -3.87. The molecule has 1 aromatic carbocycles. The standard InChI is InChI=1S/C19H28N6O7/c20-12(2-1-7-23-19(21)22)16(29)24-13(9-15(27)28)17(30)25-14(18(31)32)8-10-3-5-11(26)6-4-10/h3-6,12-14,26H,1-2,7-9,20H2,(H,24,29)(H,25,30)(H,27,28)(H,31,32)(H4,21,22,23). The summed E-state index contributed by atoms with van der Waals surface area (Å²) in [6.07, 6.45) is -0.359. The number of carboxylic acids is 2. The van der Waals surface area contributed by atoms with E-state index in [-0.39, 0.29) is 31.1 Å². The molecular weight excluding hydrogens is 424 g/mol. The molecule has 0 aliphatic heterocycles. The molecule has 1 rings (SSSR count). The van der Waals surface area contributed by atoms with Gasteiger partial charge in [-0.15, -0.1) is 0 Å². The van der Waals surface area contributed by atoms with Gasteiger partial charge >= 0.3 is 11.9 Å². The summed E-state index contributed by atoms with van der Waals surface area (Å²) < 4.78 is 0. The number of nitrogens with one attached hydrogen (secondary N) is 2. The quantitative estimate of drug-likeness (QED) is 0.0915. The van der Waals surface area contributed by atoms with Crippen LogP contribution in [0.25, 0.3) is 0 Å². The summed E-state index contributed by atoms with van der Waals surface area (Å²) in [7, 11) is 0. The summed E-state index contributed by atoms with van der Waals surface area (Å²) in [6, 6.07) is 1.69. The third-order valence-electron chi connectivity index (χ3n) is 4.31. The number of aromatic hydroxyl groups is 1. The number of carboxylic acid groups (broad SMARTS) is 2. The lowest BCUT2D eigenvalue weighted by molar-refractivity contribution is -0.143. The first kappa shape index (κ1) is 26.2. The van der Waals surface area contributed by atoms with Crippen molar-refractivity contribution >= 4 is 29.7 Å². The third-order valence-corrected chi connectivity index (χ3v) is 4.31. The SMILES string of the molecule is NC(N)=NCCCC(N)C(=O)NC(CC(=O)O)C(=O)NC(Cc1ccc(O)cc1)C(=O)O. The molecule has 0 aliphatic rings. The average molecular weight is 452 g/mol. The Bertz CT molecular complexity index is 839. The summed E-state index contributed by atoms with van der Waals surface area (Å²) in [6.45, 7) is 0.236. The number of phenolic OH excluding ortho intramolecular Hbond substituents is 1. The smallest absolute Gasteiger partial charge is 0.326 e. The molecule has 0 fully saturated rings. The fourth-order valence-electron chi connectivity index (χ4n) is 2.65. The Morgan fingerprint density at radius 2 is 1.56 bits per heavy atom. The minimum Gasteiger partial charge on any atom is -0.508 e. The predicted molar refractivity (Wildman–Crippen MR) is 113 cm³/mol. The number of aliphatic carboxylic acids is 2. The highest BCUT2D eigenvalue weighted by molar-refractivity contribution is 5.94. The van der Waals surface area contributed by atoms with Gasteiger partial charge in [-0.3, -0.25) is 19.4 Å². The van der Waals surface area contributed by atoms with E-state index in [0.717, 1.165) is 0 Å². The first-order chi connectivity index (χ1) is 15.0. The number of carbonyl (C=O) groups excluding carboxylic acids is 2. The first-order valence-electron chi connectivity index (χ1n) is 9.63. The molecule has 0 radical (unpaired) electrons. The summed E-state index contributed by atoms with van der Waals surface area (Å²) in [5.41, 5.74) is 16.7. The van der Waals surface area contributed by atoms with Crippen LogP contribution < -0.4 is 27.8 Å². The Kier molecular flexibility index (Phi) is 10.4. The topological polar surface area (TPSA) is 243 Å². The molecule has 2 amide bonds. The van der Waals surface area contributed by atoms with Gasteiger partial charge in [0.15, 0.2) is 5.96 Å². The van der Waals surface area contributed by atoms with Crippen LogP contribution in [0, 0.1) is 0 Å². The number of carbonyl (C=O) groups is 4. The van der Waals surface area contributed by atoms with Crippen LogP contribution in [0.5, 0.6) is 5.75 Å². The number of guanidine groups is 1. The van der Waals surface area contributed by atoms with Gasteiger partial charge in [-0.25, -0.2) is 4.79 Å². The lowest BCUT2D eigenvalue weighted by Crippen LogP contribution is -2.55. The monoisotopic (exact) mass is 452 g/mol. The van der Waals surface area contributed by atoms with Gasteiger partial charge in [-0.1, -0.05) is 12.1 Å². The van der Waals surface area contributed by atoms with E-state index in [9.17, 15) is 29.4 Å². The maximum absolute atomic E-state index is 12.6. The van der Waals surface area contributed by atoms with Gasteiger partial charge in [0.25, 0.3) is 0 Å². The van der Waals surface area contributed by atoms with Crippen molar-refractivity contribution < 1.29 is 34.5 Å². The number of aliphatic imine (C=N–C) groups is 1. The molecule has 0 aromatic heterocycles. The number of nitrogens with two attached hydrogens (primary N) is 3. The van der Waals surface area contributed by atoms with Gasteiger partial charge in [0, 0.05) is 13.0 Å². The van der Waals surface area contributed by atoms with Crippen molar-refractivity contribution in [3.8, 4) is 5.75 Å². The van der Waals surface area contributed by atoms with Crippen molar-refractivity contribution in [1.29, 1.82) is 0 Å². The highest BCUT2D eigenvalue weighted by Gasteiger charge is 2.29. The fraction of sp³-hybridized carbons (Fsp3) is 0.421. The second kappa shape index (κ2) is 12.7. The summed E-state index contributed by atoms with van der Waals surface area (Å²) in [5, 5.41) is 32.3. The highest BCUT2D eigenvalue weighted by Crippen LogP contribution is 2.12. The van der Waals surface area contributed by atoms with Crippen molar-refractivity contribution in [1.82, 2.24) is 10.6 Å². The van der Waals surface area contributed by atoms with Crippen LogP contribution >= 0.6 is 0 Å². The summed E-state index contributed by atoms with van der Waals surface area (Å²) in [4.78, 5) is 51.3. The molecule has 3 atom stereocenters. The minimum absolute atomic E-state index is 0.0106. The van der Waals surface area contributed by atoms with E-state index >= 15 is 0 Å². The molecule has 11 N–H and O–H groups in total. The van der Waals surface area contributed by atoms with Crippen LogP contribution in [0.15, 0.2) is 29.3 Å². The van der Waals surface area contributed by atoms with E-state index in [4.69, 9.17) is 22.3 Å². The lowest BCUT2D eigenvalue weighted by atomic mass is 10.0. The fourth-order valence-corrected chi connectivity index (χ4v) is 2.65. The number of amides is 2. The molecule has 0 heterocycles. The second-order valence-electron chi connectivity index (χ2n) is 6.98. The largest absolute Gasteiger partial charge is 0.508 e. The normalized spacial score (nSPS) is 13.3. The molecule has 13 heteroatoms. The molecule has 0 saturated carbocycles. The molecular formula is C19H28N6O7. The number of nitrogens with zero attached hydrogens (tertiary/aromatic N) is 1. The molecule has 176 valence electrons. The molecule has 3 unspecified atom stereocenters. The number of hydrogen-bond donors (Lipinski definition) is 8. The zero-order chi connectivity index (χ0) is 24.3. The Balaban J connectivity index is 2.78. The van der Waals surface area contributed by atoms with Crippen LogP contribution in [0.2, 0.25) is 0 Å². The van der Waals surface area contributed by atoms with Crippen molar-refractivity contribution in [2.24, 2.45) is 22.2 Å². The molecule has 0 saturated heterocycles. The molecule has 1 aromatic rings. The van der Waals surface area contributed by atoms with E-state index in [2.05, 4.69) is 15.6 Å². The molecule has 13 nitrogen and oxygen atoms in total. The maximum atomic E-state index is 12.6. The molecule has 0 bridgehead atoms. The van der Waals surface area contributed by atoms with Gasteiger partial charge in [-0.2, -0.15) is 0 Å². The van der Waals surface area contributed by atoms with E-state index in [0.29, 0.717) is 12.0 Å². The number of benzene rings is 1. The van der Waals surface area contributed by atoms with Gasteiger partial charge in [-0.05, 0) is 30.5 Å². The first-order valence-corrected chi connectivity index (χ1v) is 9.63. The van der Waals surface area contributed by atoms with E-state index in [1.165, 1.54) is 24.3 Å². The lowest BCUT2D eigenvalue weighted by Gasteiger charge is -2.22. The zero-order valence-corrected chi connectivity index (χ0v) is 17.2. The molecule has 0 aliphatic carbocycles.